The van der Waals surface area contributed by atoms with Gasteiger partial charge < -0.3 is 30.1 Å². The molecule has 11 nitrogen and oxygen atoms in total. The van der Waals surface area contributed by atoms with Crippen LogP contribution in [0, 0.1) is 0 Å². The number of thioether (sulfide) groups is 1. The molecule has 0 aliphatic carbocycles. The molecule has 0 amide bonds. The van der Waals surface area contributed by atoms with Crippen molar-refractivity contribution in [2.45, 2.75) is 48.8 Å². The lowest BCUT2D eigenvalue weighted by molar-refractivity contribution is -0.0511. The van der Waals surface area contributed by atoms with Gasteiger partial charge in [0.2, 0.25) is 0 Å². The van der Waals surface area contributed by atoms with E-state index >= 15 is 0 Å². The van der Waals surface area contributed by atoms with Crippen molar-refractivity contribution < 1.29 is 24.8 Å². The van der Waals surface area contributed by atoms with Crippen molar-refractivity contribution in [3.8, 4) is 5.75 Å². The molecule has 4 heterocycles. The lowest BCUT2D eigenvalue weighted by Gasteiger charge is -2.17. The summed E-state index contributed by atoms with van der Waals surface area (Å²) in [6, 6.07) is 5.97. The number of nitrogens with one attached hydrogen (secondary N) is 1. The molecule has 1 aliphatic heterocycles. The first-order valence-electron chi connectivity index (χ1n) is 11.2. The third-order valence-electron chi connectivity index (χ3n) is 5.64. The lowest BCUT2D eigenvalue weighted by atomic mass is 10.1. The smallest absolute Gasteiger partial charge is 0.167 e. The third-order valence-corrected chi connectivity index (χ3v) is 8.06. The van der Waals surface area contributed by atoms with E-state index in [1.54, 1.807) is 27.7 Å². The average molecular weight is 519 g/mol. The molecular formula is C22H26N6O5S2. The zero-order valence-electron chi connectivity index (χ0n) is 19.1. The van der Waals surface area contributed by atoms with Crippen molar-refractivity contribution in [2.75, 3.05) is 24.3 Å². The number of rotatable bonds is 9. The van der Waals surface area contributed by atoms with Crippen LogP contribution in [-0.4, -0.2) is 83.1 Å². The first kappa shape index (κ1) is 24.2. The molecule has 3 aromatic heterocycles. The van der Waals surface area contributed by atoms with Gasteiger partial charge in [0, 0.05) is 11.8 Å². The number of thiazole rings is 1. The van der Waals surface area contributed by atoms with Gasteiger partial charge in [-0.1, -0.05) is 11.8 Å². The van der Waals surface area contributed by atoms with Crippen LogP contribution in [0.4, 0.5) is 5.82 Å². The highest BCUT2D eigenvalue weighted by Gasteiger charge is 2.44. The van der Waals surface area contributed by atoms with Gasteiger partial charge in [0.1, 0.15) is 30.4 Å². The van der Waals surface area contributed by atoms with Crippen molar-refractivity contribution in [3.63, 3.8) is 0 Å². The Morgan fingerprint density at radius 2 is 2.11 bits per heavy atom. The number of fused-ring (bicyclic) bond motifs is 2. The standard InChI is InChI=1S/C22H26N6O5S2/c1-3-32-12-4-5-13-15(6-12)35-22(27-13)34-8-11(2)26-19-16-20(24-9-23-19)28(10-25-16)21-18(31)17(30)14(7-29)33-21/h4-6,9-11,14,17-18,21,29-31H,3,7-8H2,1-2H3,(H,23,24,26)/t11-,14-,17-,18-,21-/m1/s1. The molecule has 13 heteroatoms. The molecule has 5 rings (SSSR count). The van der Waals surface area contributed by atoms with Crippen LogP contribution < -0.4 is 10.1 Å². The molecule has 1 aliphatic rings. The summed E-state index contributed by atoms with van der Waals surface area (Å²) in [6.45, 7) is 4.24. The summed E-state index contributed by atoms with van der Waals surface area (Å²) in [6.07, 6.45) is -1.31. The van der Waals surface area contributed by atoms with E-state index in [0.29, 0.717) is 23.6 Å². The van der Waals surface area contributed by atoms with Gasteiger partial charge in [0.25, 0.3) is 0 Å². The van der Waals surface area contributed by atoms with Crippen LogP contribution in [0.5, 0.6) is 5.75 Å². The highest BCUT2D eigenvalue weighted by Crippen LogP contribution is 2.34. The predicted molar refractivity (Wildman–Crippen MR) is 133 cm³/mol. The number of benzene rings is 1. The number of aliphatic hydroxyl groups excluding tert-OH is 3. The maximum atomic E-state index is 10.4. The van der Waals surface area contributed by atoms with Gasteiger partial charge in [-0.3, -0.25) is 4.57 Å². The van der Waals surface area contributed by atoms with Gasteiger partial charge in [-0.25, -0.2) is 19.9 Å². The Labute approximate surface area is 209 Å². The fourth-order valence-corrected chi connectivity index (χ4v) is 6.00. The van der Waals surface area contributed by atoms with Crippen LogP contribution in [-0.2, 0) is 4.74 Å². The van der Waals surface area contributed by atoms with E-state index in [1.807, 2.05) is 32.0 Å². The first-order valence-corrected chi connectivity index (χ1v) is 13.0. The topological polar surface area (TPSA) is 148 Å². The first-order chi connectivity index (χ1) is 17.0. The van der Waals surface area contributed by atoms with Gasteiger partial charge >= 0.3 is 0 Å². The highest BCUT2D eigenvalue weighted by atomic mass is 32.2. The number of hydrogen-bond donors (Lipinski definition) is 4. The summed E-state index contributed by atoms with van der Waals surface area (Å²) >= 11 is 3.29. The Bertz CT molecular complexity index is 1320. The molecule has 4 aromatic rings. The van der Waals surface area contributed by atoms with Crippen LogP contribution in [0.2, 0.25) is 0 Å². The second-order valence-corrected chi connectivity index (χ2v) is 10.5. The number of nitrogens with zero attached hydrogens (tertiary/aromatic N) is 5. The van der Waals surface area contributed by atoms with Gasteiger partial charge in [-0.15, -0.1) is 11.3 Å². The van der Waals surface area contributed by atoms with E-state index in [1.165, 1.54) is 12.7 Å². The normalized spacial score (nSPS) is 23.2. The number of aromatic nitrogens is 5. The van der Waals surface area contributed by atoms with Crippen molar-refractivity contribution >= 4 is 50.3 Å². The highest BCUT2D eigenvalue weighted by molar-refractivity contribution is 8.01. The molecule has 0 spiro atoms. The van der Waals surface area contributed by atoms with Crippen LogP contribution in [0.1, 0.15) is 20.1 Å². The molecular weight excluding hydrogens is 492 g/mol. The van der Waals surface area contributed by atoms with E-state index in [2.05, 4.69) is 20.3 Å². The molecule has 1 fully saturated rings. The number of hydrogen-bond acceptors (Lipinski definition) is 12. The third kappa shape index (κ3) is 4.79. The summed E-state index contributed by atoms with van der Waals surface area (Å²) in [5.74, 6) is 2.15. The molecule has 5 atom stereocenters. The summed E-state index contributed by atoms with van der Waals surface area (Å²) in [7, 11) is 0. The van der Waals surface area contributed by atoms with Crippen molar-refractivity contribution in [1.29, 1.82) is 0 Å². The lowest BCUT2D eigenvalue weighted by Crippen LogP contribution is -2.33. The molecule has 0 radical (unpaired) electrons. The summed E-state index contributed by atoms with van der Waals surface area (Å²) in [4.78, 5) is 17.7. The monoisotopic (exact) mass is 518 g/mol. The minimum absolute atomic E-state index is 0.0446. The Morgan fingerprint density at radius 1 is 1.26 bits per heavy atom. The number of anilines is 1. The summed E-state index contributed by atoms with van der Waals surface area (Å²) in [5, 5.41) is 33.2. The largest absolute Gasteiger partial charge is 0.494 e. The van der Waals surface area contributed by atoms with Crippen LogP contribution in [0.3, 0.4) is 0 Å². The zero-order chi connectivity index (χ0) is 24.5. The quantitative estimate of drug-likeness (QED) is 0.241. The minimum atomic E-state index is -1.22. The Kier molecular flexibility index (Phi) is 7.05. The number of ether oxygens (including phenoxy) is 2. The fraction of sp³-hybridized carbons (Fsp3) is 0.455. The summed E-state index contributed by atoms with van der Waals surface area (Å²) < 4.78 is 14.8. The molecule has 35 heavy (non-hydrogen) atoms. The van der Waals surface area contributed by atoms with Crippen molar-refractivity contribution in [3.05, 3.63) is 30.9 Å². The Hall–Kier alpha value is -2.55. The minimum Gasteiger partial charge on any atom is -0.494 e. The SMILES string of the molecule is CCOc1ccc2nc(SC[C@@H](C)Nc3ncnc4c3ncn4[C@@H]3O[C@H](CO)[C@@H](O)[C@H]3O)sc2c1. The predicted octanol–water partition coefficient (Wildman–Crippen LogP) is 2.04. The van der Waals surface area contributed by atoms with Crippen LogP contribution in [0.15, 0.2) is 35.2 Å². The van der Waals surface area contributed by atoms with Crippen LogP contribution in [0.25, 0.3) is 21.4 Å². The second-order valence-electron chi connectivity index (χ2n) is 8.17. The van der Waals surface area contributed by atoms with E-state index in [0.717, 1.165) is 26.1 Å². The van der Waals surface area contributed by atoms with Crippen LogP contribution >= 0.6 is 23.1 Å². The van der Waals surface area contributed by atoms with Gasteiger partial charge in [0.15, 0.2) is 27.5 Å². The molecule has 0 saturated carbocycles. The Morgan fingerprint density at radius 3 is 2.89 bits per heavy atom. The van der Waals surface area contributed by atoms with Gasteiger partial charge in [-0.05, 0) is 32.0 Å². The number of aliphatic hydroxyl groups is 3. The number of imidazole rings is 1. The fourth-order valence-electron chi connectivity index (χ4n) is 3.93. The molecule has 1 aromatic carbocycles. The van der Waals surface area contributed by atoms with E-state index in [-0.39, 0.29) is 6.04 Å². The average Bonchev–Trinajstić information content (AvgIpc) is 3.54. The van der Waals surface area contributed by atoms with Crippen molar-refractivity contribution in [1.82, 2.24) is 24.5 Å². The maximum absolute atomic E-state index is 10.4. The van der Waals surface area contributed by atoms with E-state index < -0.39 is 31.1 Å². The summed E-state index contributed by atoms with van der Waals surface area (Å²) in [5.41, 5.74) is 1.92. The van der Waals surface area contributed by atoms with Gasteiger partial charge in [0.05, 0.1) is 29.8 Å². The molecule has 0 unspecified atom stereocenters. The maximum Gasteiger partial charge on any atom is 0.167 e. The molecule has 1 saturated heterocycles. The van der Waals surface area contributed by atoms with Crippen molar-refractivity contribution in [2.24, 2.45) is 0 Å². The second kappa shape index (κ2) is 10.2. The van der Waals surface area contributed by atoms with E-state index in [9.17, 15) is 15.3 Å². The Balaban J connectivity index is 1.27. The van der Waals surface area contributed by atoms with E-state index in [4.69, 9.17) is 14.5 Å². The molecule has 4 N–H and O–H groups in total. The zero-order valence-corrected chi connectivity index (χ0v) is 20.7. The molecule has 186 valence electrons. The molecule has 0 bridgehead atoms. The van der Waals surface area contributed by atoms with Gasteiger partial charge in [-0.2, -0.15) is 0 Å².